The lowest BCUT2D eigenvalue weighted by atomic mass is 10.1. The largest absolute Gasteiger partial charge is 0.506 e. The number of nitrogens with zero attached hydrogens (tertiary/aromatic N) is 3. The van der Waals surface area contributed by atoms with Gasteiger partial charge in [0.05, 0.1) is 11.0 Å². The average molecular weight is 446 g/mol. The Morgan fingerprint density at radius 1 is 0.794 bits per heavy atom. The van der Waals surface area contributed by atoms with E-state index in [1.54, 1.807) is 12.3 Å². The second kappa shape index (κ2) is 7.59. The van der Waals surface area contributed by atoms with Crippen LogP contribution in [0.2, 0.25) is 0 Å². The van der Waals surface area contributed by atoms with Gasteiger partial charge < -0.3 is 9.84 Å². The van der Waals surface area contributed by atoms with Crippen molar-refractivity contribution in [3.63, 3.8) is 0 Å². The maximum absolute atomic E-state index is 10.4. The van der Waals surface area contributed by atoms with Crippen molar-refractivity contribution >= 4 is 32.7 Å². The Morgan fingerprint density at radius 3 is 2.38 bits per heavy atom. The van der Waals surface area contributed by atoms with Gasteiger partial charge in [0.15, 0.2) is 0 Å². The van der Waals surface area contributed by atoms with Crippen molar-refractivity contribution in [3.05, 3.63) is 95.7 Å². The van der Waals surface area contributed by atoms with Gasteiger partial charge in [-0.1, -0.05) is 18.2 Å². The molecule has 6 aromatic rings. The van der Waals surface area contributed by atoms with Crippen LogP contribution < -0.4 is 4.74 Å². The molecule has 0 aliphatic heterocycles. The molecule has 0 bridgehead atoms. The molecule has 0 spiro atoms. The second-order valence-corrected chi connectivity index (χ2v) is 8.79. The predicted molar refractivity (Wildman–Crippen MR) is 136 cm³/mol. The third-order valence-electron chi connectivity index (χ3n) is 6.17. The number of fused-ring (bicyclic) bond motifs is 4. The fourth-order valence-electron chi connectivity index (χ4n) is 4.62. The van der Waals surface area contributed by atoms with Gasteiger partial charge >= 0.3 is 0 Å². The molecule has 166 valence electrons. The molecule has 5 nitrogen and oxygen atoms in total. The number of ether oxygens (including phenoxy) is 1. The normalized spacial score (nSPS) is 11.5. The summed E-state index contributed by atoms with van der Waals surface area (Å²) in [6.45, 7) is 6.02. The zero-order chi connectivity index (χ0) is 23.4. The van der Waals surface area contributed by atoms with Crippen molar-refractivity contribution in [1.82, 2.24) is 14.5 Å². The molecule has 3 aromatic carbocycles. The predicted octanol–water partition coefficient (Wildman–Crippen LogP) is 7.15. The van der Waals surface area contributed by atoms with E-state index >= 15 is 0 Å². The molecular weight excluding hydrogens is 422 g/mol. The lowest BCUT2D eigenvalue weighted by molar-refractivity contribution is 0.457. The van der Waals surface area contributed by atoms with Crippen LogP contribution in [0.1, 0.15) is 16.7 Å². The molecule has 3 aromatic heterocycles. The monoisotopic (exact) mass is 445 g/mol. The van der Waals surface area contributed by atoms with Gasteiger partial charge in [0.25, 0.3) is 0 Å². The third-order valence-corrected chi connectivity index (χ3v) is 6.17. The van der Waals surface area contributed by atoms with Crippen molar-refractivity contribution in [2.24, 2.45) is 0 Å². The van der Waals surface area contributed by atoms with Crippen molar-refractivity contribution in [2.45, 2.75) is 20.8 Å². The number of aromatic nitrogens is 3. The van der Waals surface area contributed by atoms with Crippen LogP contribution in [-0.4, -0.2) is 19.6 Å². The molecular formula is C29H23N3O2. The summed E-state index contributed by atoms with van der Waals surface area (Å²) >= 11 is 0. The zero-order valence-corrected chi connectivity index (χ0v) is 19.2. The highest BCUT2D eigenvalue weighted by Crippen LogP contribution is 2.36. The van der Waals surface area contributed by atoms with Gasteiger partial charge in [-0.2, -0.15) is 0 Å². The number of aryl methyl sites for hydroxylation is 3. The van der Waals surface area contributed by atoms with E-state index in [-0.39, 0.29) is 5.75 Å². The van der Waals surface area contributed by atoms with Gasteiger partial charge in [-0.3, -0.25) is 4.57 Å². The van der Waals surface area contributed by atoms with Crippen LogP contribution in [0.3, 0.4) is 0 Å². The van der Waals surface area contributed by atoms with Gasteiger partial charge in [0, 0.05) is 34.0 Å². The molecule has 0 fully saturated rings. The molecule has 0 amide bonds. The molecule has 5 heteroatoms. The number of hydrogen-bond donors (Lipinski definition) is 1. The maximum Gasteiger partial charge on any atom is 0.222 e. The van der Waals surface area contributed by atoms with Gasteiger partial charge in [0.1, 0.15) is 22.8 Å². The van der Waals surface area contributed by atoms with E-state index in [0.717, 1.165) is 44.1 Å². The van der Waals surface area contributed by atoms with Gasteiger partial charge in [-0.05, 0) is 80.4 Å². The highest BCUT2D eigenvalue weighted by atomic mass is 16.5. The molecule has 3 heterocycles. The molecule has 1 N–H and O–H groups in total. The lowest BCUT2D eigenvalue weighted by Gasteiger charge is -2.11. The van der Waals surface area contributed by atoms with E-state index in [1.165, 1.54) is 5.56 Å². The van der Waals surface area contributed by atoms with Crippen molar-refractivity contribution in [2.75, 3.05) is 0 Å². The summed E-state index contributed by atoms with van der Waals surface area (Å²) in [5.41, 5.74) is 5.72. The van der Waals surface area contributed by atoms with E-state index in [4.69, 9.17) is 4.74 Å². The molecule has 0 aliphatic carbocycles. The van der Waals surface area contributed by atoms with Gasteiger partial charge in [-0.15, -0.1) is 0 Å². The van der Waals surface area contributed by atoms with E-state index in [0.29, 0.717) is 17.1 Å². The van der Waals surface area contributed by atoms with E-state index in [1.807, 2.05) is 56.3 Å². The summed E-state index contributed by atoms with van der Waals surface area (Å²) in [6, 6.07) is 24.2. The number of hydrogen-bond acceptors (Lipinski definition) is 4. The minimum Gasteiger partial charge on any atom is -0.506 e. The van der Waals surface area contributed by atoms with Gasteiger partial charge in [0.2, 0.25) is 5.88 Å². The standard InChI is InChI=1S/C29H23N3O2/c1-17-7-9-22-23-10-8-21(16-25(23)32(24(22)13-17)27-6-4-5-11-30-27)34-29-19(3)15-20-12-18(2)14-26(33)28(20)31-29/h4-16,33H,1-3H3. The molecule has 34 heavy (non-hydrogen) atoms. The number of aromatic hydroxyl groups is 1. The zero-order valence-electron chi connectivity index (χ0n) is 19.2. The van der Waals surface area contributed by atoms with Crippen LogP contribution in [0.25, 0.3) is 38.5 Å². The first kappa shape index (κ1) is 20.2. The first-order valence-corrected chi connectivity index (χ1v) is 11.2. The third kappa shape index (κ3) is 3.25. The minimum absolute atomic E-state index is 0.154. The Balaban J connectivity index is 1.53. The fraction of sp³-hybridized carbons (Fsp3) is 0.103. The number of phenols is 1. The molecule has 0 radical (unpaired) electrons. The smallest absolute Gasteiger partial charge is 0.222 e. The van der Waals surface area contributed by atoms with Crippen LogP contribution in [0.15, 0.2) is 79.0 Å². The van der Waals surface area contributed by atoms with Crippen molar-refractivity contribution in [1.29, 1.82) is 0 Å². The molecule has 0 saturated carbocycles. The molecule has 6 rings (SSSR count). The summed E-state index contributed by atoms with van der Waals surface area (Å²) in [7, 11) is 0. The summed E-state index contributed by atoms with van der Waals surface area (Å²) in [5.74, 6) is 2.15. The molecule has 0 aliphatic rings. The first-order chi connectivity index (χ1) is 16.5. The highest BCUT2D eigenvalue weighted by Gasteiger charge is 2.15. The fourth-order valence-corrected chi connectivity index (χ4v) is 4.62. The lowest BCUT2D eigenvalue weighted by Crippen LogP contribution is -1.97. The highest BCUT2D eigenvalue weighted by molar-refractivity contribution is 6.09. The Kier molecular flexibility index (Phi) is 4.52. The Bertz CT molecular complexity index is 1720. The first-order valence-electron chi connectivity index (χ1n) is 11.2. The average Bonchev–Trinajstić information content (AvgIpc) is 3.13. The number of pyridine rings is 2. The SMILES string of the molecule is Cc1cc(O)c2nc(Oc3ccc4c5ccc(C)cc5n(-c5ccccn5)c4c3)c(C)cc2c1. The summed E-state index contributed by atoms with van der Waals surface area (Å²) < 4.78 is 8.43. The summed E-state index contributed by atoms with van der Waals surface area (Å²) in [4.78, 5) is 9.25. The number of rotatable bonds is 3. The number of benzene rings is 3. The second-order valence-electron chi connectivity index (χ2n) is 8.79. The summed E-state index contributed by atoms with van der Waals surface area (Å²) in [6.07, 6.45) is 1.81. The van der Waals surface area contributed by atoms with Crippen LogP contribution in [0, 0.1) is 20.8 Å². The molecule has 0 unspecified atom stereocenters. The Hall–Kier alpha value is -4.38. The summed E-state index contributed by atoms with van der Waals surface area (Å²) in [5, 5.41) is 13.6. The minimum atomic E-state index is 0.154. The number of phenolic OH excluding ortho intramolecular Hbond substituents is 1. The Morgan fingerprint density at radius 2 is 1.59 bits per heavy atom. The van der Waals surface area contributed by atoms with Crippen molar-refractivity contribution in [3.8, 4) is 23.2 Å². The van der Waals surface area contributed by atoms with Crippen LogP contribution in [0.5, 0.6) is 17.4 Å². The van der Waals surface area contributed by atoms with Crippen LogP contribution >= 0.6 is 0 Å². The molecule has 0 saturated heterocycles. The van der Waals surface area contributed by atoms with Crippen molar-refractivity contribution < 1.29 is 9.84 Å². The van der Waals surface area contributed by atoms with E-state index in [2.05, 4.69) is 45.7 Å². The topological polar surface area (TPSA) is 60.2 Å². The van der Waals surface area contributed by atoms with Crippen LogP contribution in [-0.2, 0) is 0 Å². The Labute approximate surface area is 196 Å². The van der Waals surface area contributed by atoms with E-state index in [9.17, 15) is 5.11 Å². The quantitative estimate of drug-likeness (QED) is 0.314. The van der Waals surface area contributed by atoms with E-state index < -0.39 is 0 Å². The maximum atomic E-state index is 10.4. The van der Waals surface area contributed by atoms with Crippen LogP contribution in [0.4, 0.5) is 0 Å². The van der Waals surface area contributed by atoms with Gasteiger partial charge in [-0.25, -0.2) is 9.97 Å². The molecule has 0 atom stereocenters.